The monoisotopic (exact) mass is 1080 g/mol. The van der Waals surface area contributed by atoms with Gasteiger partial charge in [0.1, 0.15) is 24.8 Å². The quantitative estimate of drug-likeness (QED) is 0.0466. The number of halogens is 2. The first-order chi connectivity index (χ1) is 35.9. The van der Waals surface area contributed by atoms with Crippen LogP contribution >= 0.6 is 0 Å². The molecule has 1 amide bonds. The van der Waals surface area contributed by atoms with E-state index in [-0.39, 0.29) is 53.8 Å². The second kappa shape index (κ2) is 30.2. The third-order valence-electron chi connectivity index (χ3n) is 11.1. The maximum absolute atomic E-state index is 13.1. The summed E-state index contributed by atoms with van der Waals surface area (Å²) in [6.45, 7) is 1.06. The highest BCUT2D eigenvalue weighted by Crippen LogP contribution is 2.34. The van der Waals surface area contributed by atoms with Crippen molar-refractivity contribution in [1.82, 2.24) is 5.32 Å². The number of methoxy groups -OCH3 is 4. The van der Waals surface area contributed by atoms with Gasteiger partial charge in [-0.05, 0) is 127 Å². The van der Waals surface area contributed by atoms with Crippen molar-refractivity contribution in [2.45, 2.75) is 48.7 Å². The van der Waals surface area contributed by atoms with Crippen molar-refractivity contribution in [1.29, 1.82) is 0 Å². The minimum atomic E-state index is -3.77. The summed E-state index contributed by atoms with van der Waals surface area (Å²) in [5.74, 6) is 0.0741. The average Bonchev–Trinajstić information content (AvgIpc) is 3.42. The molecule has 4 N–H and O–H groups in total. The van der Waals surface area contributed by atoms with Crippen molar-refractivity contribution in [2.24, 2.45) is 5.73 Å². The van der Waals surface area contributed by atoms with E-state index in [1.165, 1.54) is 75.4 Å². The van der Waals surface area contributed by atoms with Gasteiger partial charge in [0.05, 0.1) is 62.8 Å². The van der Waals surface area contributed by atoms with Gasteiger partial charge in [0.25, 0.3) is 20.0 Å². The Morgan fingerprint density at radius 2 is 0.907 bits per heavy atom. The molecular weight excluding hydrogens is 1010 g/mol. The Morgan fingerprint density at radius 1 is 0.533 bits per heavy atom. The van der Waals surface area contributed by atoms with Gasteiger partial charge in [0.2, 0.25) is 5.91 Å². The van der Waals surface area contributed by atoms with E-state index in [0.29, 0.717) is 60.3 Å². The number of carbonyl (C=O) groups is 2. The SMILES string of the molecule is COc1ccc(N(C)S(=O)(=O)c2ccc(CCCN)cc2)cc1OC.COc1ccc(N(C)S(=O)(=O)c2ccc(CCCNC(=O)COCc3ccc(F)cc3)cc2)cc1OC.O=C(O)COCc1ccc(F)cc1. The normalized spacial score (nSPS) is 10.9. The first-order valence-electron chi connectivity index (χ1n) is 23.3. The lowest BCUT2D eigenvalue weighted by atomic mass is 10.1. The number of hydrogen-bond acceptors (Lipinski definition) is 13. The molecular formula is C54H64F2N4O13S2. The second-order valence-corrected chi connectivity index (χ2v) is 20.2. The number of aryl methyl sites for hydroxylation is 2. The molecule has 6 rings (SSSR count). The number of rotatable bonds is 25. The number of nitrogens with two attached hydrogens (primary N) is 1. The number of carboxylic acids is 1. The maximum Gasteiger partial charge on any atom is 0.329 e. The van der Waals surface area contributed by atoms with E-state index < -0.39 is 26.0 Å². The van der Waals surface area contributed by atoms with E-state index in [0.717, 1.165) is 35.1 Å². The second-order valence-electron chi connectivity index (χ2n) is 16.3. The predicted molar refractivity (Wildman–Crippen MR) is 282 cm³/mol. The number of ether oxygens (including phenoxy) is 6. The van der Waals surface area contributed by atoms with Gasteiger partial charge in [-0.3, -0.25) is 13.4 Å². The molecule has 75 heavy (non-hydrogen) atoms. The first-order valence-corrected chi connectivity index (χ1v) is 26.2. The van der Waals surface area contributed by atoms with Gasteiger partial charge < -0.3 is 44.6 Å². The number of aliphatic carboxylic acids is 1. The lowest BCUT2D eigenvalue weighted by molar-refractivity contribution is -0.142. The van der Waals surface area contributed by atoms with Gasteiger partial charge in [-0.15, -0.1) is 0 Å². The van der Waals surface area contributed by atoms with Gasteiger partial charge in [-0.25, -0.2) is 30.4 Å². The summed E-state index contributed by atoms with van der Waals surface area (Å²) in [7, 11) is 1.61. The van der Waals surface area contributed by atoms with Crippen molar-refractivity contribution >= 4 is 43.3 Å². The average molecular weight is 1080 g/mol. The highest BCUT2D eigenvalue weighted by Gasteiger charge is 2.24. The van der Waals surface area contributed by atoms with E-state index in [9.17, 15) is 35.2 Å². The summed E-state index contributed by atoms with van der Waals surface area (Å²) in [5.41, 5.74) is 10.00. The Labute approximate surface area is 437 Å². The lowest BCUT2D eigenvalue weighted by Crippen LogP contribution is -2.28. The Bertz CT molecular complexity index is 2950. The zero-order valence-corrected chi connectivity index (χ0v) is 44.3. The third-order valence-corrected chi connectivity index (χ3v) is 14.7. The standard InChI is InChI=1S/C27H31FN2O6S.C18H24N2O4S.C9H9FO3/c1-30(23-12-15-25(34-2)26(17-23)35-3)37(32,33)24-13-8-20(9-14-24)5-4-16-29-27(31)19-36-18-21-6-10-22(28)11-7-21;1-20(15-8-11-17(23-2)18(13-15)24-3)25(21,22)16-9-6-14(7-10-16)5-4-12-19;10-8-3-1-7(2-4-8)5-13-6-9(11)12/h6-15,17H,4-5,16,18-19H2,1-3H3,(H,29,31);6-11,13H,4-5,12,19H2,1-3H3;1-4H,5-6H2,(H,11,12). The van der Waals surface area contributed by atoms with Gasteiger partial charge >= 0.3 is 5.97 Å². The van der Waals surface area contributed by atoms with Gasteiger partial charge in [0, 0.05) is 32.8 Å². The van der Waals surface area contributed by atoms with Crippen LogP contribution in [0.4, 0.5) is 20.2 Å². The van der Waals surface area contributed by atoms with Gasteiger partial charge in [-0.2, -0.15) is 0 Å². The number of amides is 1. The molecule has 0 aliphatic carbocycles. The Hall–Kier alpha value is -7.30. The topological polar surface area (TPSA) is 223 Å². The number of benzene rings is 6. The molecule has 0 heterocycles. The summed E-state index contributed by atoms with van der Waals surface area (Å²) in [4.78, 5) is 22.4. The smallest absolute Gasteiger partial charge is 0.329 e. The van der Waals surface area contributed by atoms with Crippen LogP contribution in [0, 0.1) is 11.6 Å². The fourth-order valence-electron chi connectivity index (χ4n) is 6.85. The number of nitrogens with one attached hydrogen (secondary N) is 1. The molecule has 0 saturated carbocycles. The number of anilines is 2. The molecule has 404 valence electrons. The van der Waals surface area contributed by atoms with Crippen LogP contribution in [0.25, 0.3) is 0 Å². The molecule has 6 aromatic rings. The van der Waals surface area contributed by atoms with E-state index >= 15 is 0 Å². The largest absolute Gasteiger partial charge is 0.493 e. The van der Waals surface area contributed by atoms with Crippen molar-refractivity contribution in [2.75, 3.05) is 77.4 Å². The van der Waals surface area contributed by atoms with E-state index in [2.05, 4.69) is 5.32 Å². The van der Waals surface area contributed by atoms with Crippen LogP contribution < -0.4 is 38.6 Å². The molecule has 0 atom stereocenters. The highest BCUT2D eigenvalue weighted by atomic mass is 32.2. The molecule has 0 aliphatic heterocycles. The summed E-state index contributed by atoms with van der Waals surface area (Å²) < 4.78 is 111. The van der Waals surface area contributed by atoms with Crippen molar-refractivity contribution in [3.05, 3.63) is 167 Å². The van der Waals surface area contributed by atoms with Crippen LogP contribution in [-0.2, 0) is 65.2 Å². The van der Waals surface area contributed by atoms with Crippen molar-refractivity contribution in [3.8, 4) is 23.0 Å². The van der Waals surface area contributed by atoms with E-state index in [4.69, 9.17) is 39.3 Å². The zero-order valence-electron chi connectivity index (χ0n) is 42.7. The fourth-order valence-corrected chi connectivity index (χ4v) is 9.22. The summed E-state index contributed by atoms with van der Waals surface area (Å²) >= 11 is 0. The molecule has 0 radical (unpaired) electrons. The molecule has 0 saturated heterocycles. The number of carboxylic acid groups (broad SMARTS) is 1. The maximum atomic E-state index is 13.1. The predicted octanol–water partition coefficient (Wildman–Crippen LogP) is 7.78. The number of hydrogen-bond donors (Lipinski definition) is 3. The molecule has 6 aromatic carbocycles. The Morgan fingerprint density at radius 3 is 1.28 bits per heavy atom. The molecule has 17 nitrogen and oxygen atoms in total. The molecule has 0 aliphatic rings. The first kappa shape index (κ1) is 60.3. The molecule has 0 bridgehead atoms. The van der Waals surface area contributed by atoms with Crippen LogP contribution in [0.2, 0.25) is 0 Å². The molecule has 0 aromatic heterocycles. The van der Waals surface area contributed by atoms with Crippen molar-refractivity contribution in [3.63, 3.8) is 0 Å². The zero-order chi connectivity index (χ0) is 55.0. The summed E-state index contributed by atoms with van der Waals surface area (Å²) in [6, 6.07) is 35.1. The van der Waals surface area contributed by atoms with E-state index in [1.807, 2.05) is 12.1 Å². The Kier molecular flexibility index (Phi) is 24.2. The van der Waals surface area contributed by atoms with Crippen LogP contribution in [0.15, 0.2) is 143 Å². The molecule has 0 fully saturated rings. The summed E-state index contributed by atoms with van der Waals surface area (Å²) in [6.07, 6.45) is 3.06. The lowest BCUT2D eigenvalue weighted by Gasteiger charge is -2.21. The van der Waals surface area contributed by atoms with Crippen LogP contribution in [0.3, 0.4) is 0 Å². The number of sulfonamides is 2. The Balaban J connectivity index is 0.000000274. The van der Waals surface area contributed by atoms with Crippen LogP contribution in [0.1, 0.15) is 35.1 Å². The minimum absolute atomic E-state index is 0.0858. The molecule has 0 spiro atoms. The van der Waals surface area contributed by atoms with Gasteiger partial charge in [-0.1, -0.05) is 48.5 Å². The van der Waals surface area contributed by atoms with Crippen LogP contribution in [-0.4, -0.2) is 103 Å². The molecule has 0 unspecified atom stereocenters. The minimum Gasteiger partial charge on any atom is -0.493 e. The van der Waals surface area contributed by atoms with Crippen molar-refractivity contribution < 1.29 is 68.7 Å². The van der Waals surface area contributed by atoms with Crippen LogP contribution in [0.5, 0.6) is 23.0 Å². The number of carbonyl (C=O) groups excluding carboxylic acids is 1. The molecule has 21 heteroatoms. The third kappa shape index (κ3) is 18.9. The van der Waals surface area contributed by atoms with E-state index in [1.54, 1.807) is 97.1 Å². The van der Waals surface area contributed by atoms with Gasteiger partial charge in [0.15, 0.2) is 23.0 Å². The highest BCUT2D eigenvalue weighted by molar-refractivity contribution is 7.93. The fraction of sp³-hybridized carbons (Fsp3) is 0.296. The summed E-state index contributed by atoms with van der Waals surface area (Å²) in [5, 5.41) is 11.0. The number of nitrogens with zero attached hydrogens (tertiary/aromatic N) is 2.